The third kappa shape index (κ3) is 1.84. The monoisotopic (exact) mass is 293 g/mol. The summed E-state index contributed by atoms with van der Waals surface area (Å²) in [5, 5.41) is 4.32. The van der Waals surface area contributed by atoms with E-state index in [1.54, 1.807) is 0 Å². The fourth-order valence-electron chi connectivity index (χ4n) is 5.69. The molecule has 4 fully saturated rings. The van der Waals surface area contributed by atoms with Crippen LogP contribution in [0.4, 0.5) is 4.79 Å². The van der Waals surface area contributed by atoms with Crippen molar-refractivity contribution in [1.29, 1.82) is 0 Å². The normalized spacial score (nSPS) is 39.1. The maximum absolute atomic E-state index is 12.5. The maximum atomic E-state index is 12.5. The second kappa shape index (κ2) is 4.61. The Kier molecular flexibility index (Phi) is 2.67. The van der Waals surface area contributed by atoms with Crippen molar-refractivity contribution in [3.63, 3.8) is 0 Å². The van der Waals surface area contributed by atoms with E-state index in [0.717, 1.165) is 23.1 Å². The molecule has 4 bridgehead atoms. The van der Waals surface area contributed by atoms with Crippen molar-refractivity contribution in [2.75, 3.05) is 0 Å². The highest BCUT2D eigenvalue weighted by atomic mass is 16.2. The molecule has 0 N–H and O–H groups in total. The molecule has 6 rings (SSSR count). The van der Waals surface area contributed by atoms with Crippen LogP contribution in [0.15, 0.2) is 36.5 Å². The minimum atomic E-state index is -0.0451. The zero-order valence-corrected chi connectivity index (χ0v) is 12.7. The van der Waals surface area contributed by atoms with Crippen LogP contribution in [0, 0.1) is 23.7 Å². The summed E-state index contributed by atoms with van der Waals surface area (Å²) < 4.78 is 0. The Balaban J connectivity index is 1.45. The van der Waals surface area contributed by atoms with Crippen LogP contribution in [0.3, 0.4) is 0 Å². The van der Waals surface area contributed by atoms with E-state index in [1.165, 1.54) is 32.1 Å². The van der Waals surface area contributed by atoms with E-state index in [0.29, 0.717) is 17.9 Å². The summed E-state index contributed by atoms with van der Waals surface area (Å²) in [6.45, 7) is 0. The molecule has 5 aliphatic rings. The van der Waals surface area contributed by atoms with E-state index < -0.39 is 0 Å². The predicted molar refractivity (Wildman–Crippen MR) is 84.6 cm³/mol. The largest absolute Gasteiger partial charge is 0.348 e. The summed E-state index contributed by atoms with van der Waals surface area (Å²) >= 11 is 0. The summed E-state index contributed by atoms with van der Waals surface area (Å²) in [5.74, 6) is 3.29. The first-order valence-electron chi connectivity index (χ1n) is 8.59. The molecule has 1 aliphatic heterocycles. The summed E-state index contributed by atoms with van der Waals surface area (Å²) in [4.78, 5) is 14.5. The molecule has 4 aliphatic carbocycles. The molecule has 4 saturated carbocycles. The lowest BCUT2D eigenvalue weighted by molar-refractivity contribution is -0.0382. The molecule has 0 aromatic heterocycles. The molecule has 3 nitrogen and oxygen atoms in total. The Hall–Kier alpha value is -1.77. The lowest BCUT2D eigenvalue weighted by atomic mass is 9.54. The Labute approximate surface area is 131 Å². The number of benzene rings is 1. The highest BCUT2D eigenvalue weighted by Gasteiger charge is 2.51. The number of urea groups is 1. The first kappa shape index (κ1) is 12.7. The number of amides is 2. The van der Waals surface area contributed by atoms with Gasteiger partial charge in [-0.1, -0.05) is 30.3 Å². The van der Waals surface area contributed by atoms with Crippen molar-refractivity contribution >= 4 is 11.7 Å². The quantitative estimate of drug-likeness (QED) is 0.815. The number of rotatable bonds is 2. The Morgan fingerprint density at radius 2 is 1.55 bits per heavy atom. The highest BCUT2D eigenvalue weighted by molar-refractivity contribution is 5.91. The molecule has 1 aromatic carbocycles. The third-order valence-electron chi connectivity index (χ3n) is 6.27. The van der Waals surface area contributed by atoms with Gasteiger partial charge in [0, 0.05) is 17.8 Å². The van der Waals surface area contributed by atoms with Crippen molar-refractivity contribution in [2.45, 2.75) is 38.1 Å². The van der Waals surface area contributed by atoms with Crippen molar-refractivity contribution < 1.29 is 4.79 Å². The zero-order chi connectivity index (χ0) is 14.7. The van der Waals surface area contributed by atoms with Crippen LogP contribution in [-0.4, -0.2) is 17.0 Å². The average molecular weight is 293 g/mol. The van der Waals surface area contributed by atoms with Gasteiger partial charge in [-0.05, 0) is 55.8 Å². The van der Waals surface area contributed by atoms with Crippen LogP contribution in [0.25, 0.3) is 5.70 Å². The van der Waals surface area contributed by atoms with Crippen molar-refractivity contribution in [3.8, 4) is 0 Å². The minimum Gasteiger partial charge on any atom is -0.293 e. The molecule has 3 heteroatoms. The van der Waals surface area contributed by atoms with Gasteiger partial charge in [-0.15, -0.1) is 0 Å². The standard InChI is InChI=1S/C19H21N2O/c22-19-20-17(14-4-2-1-3-5-14)11-21(19)18-15-7-12-6-13(9-15)10-16(18)8-12/h1-5,11-13,15-16,18H,6-10H2. The first-order valence-corrected chi connectivity index (χ1v) is 8.59. The second-order valence-corrected chi connectivity index (χ2v) is 7.60. The molecular weight excluding hydrogens is 272 g/mol. The minimum absolute atomic E-state index is 0.0451. The number of carbonyl (C=O) groups is 1. The Bertz CT molecular complexity index is 608. The number of carbonyl (C=O) groups excluding carboxylic acids is 1. The number of hydrogen-bond donors (Lipinski definition) is 0. The summed E-state index contributed by atoms with van der Waals surface area (Å²) in [5.41, 5.74) is 1.88. The second-order valence-electron chi connectivity index (χ2n) is 7.60. The molecule has 22 heavy (non-hydrogen) atoms. The Morgan fingerprint density at radius 3 is 2.18 bits per heavy atom. The van der Waals surface area contributed by atoms with Gasteiger partial charge in [-0.25, -0.2) is 4.79 Å². The lowest BCUT2D eigenvalue weighted by Gasteiger charge is -2.55. The van der Waals surface area contributed by atoms with Crippen molar-refractivity contribution in [1.82, 2.24) is 10.2 Å². The van der Waals surface area contributed by atoms with Gasteiger partial charge in [0.2, 0.25) is 0 Å². The van der Waals surface area contributed by atoms with E-state index in [4.69, 9.17) is 0 Å². The van der Waals surface area contributed by atoms with Crippen molar-refractivity contribution in [2.24, 2.45) is 23.7 Å². The van der Waals surface area contributed by atoms with Gasteiger partial charge >= 0.3 is 6.03 Å². The molecule has 1 radical (unpaired) electrons. The van der Waals surface area contributed by atoms with Gasteiger partial charge < -0.3 is 0 Å². The predicted octanol–water partition coefficient (Wildman–Crippen LogP) is 3.85. The number of nitrogens with zero attached hydrogens (tertiary/aromatic N) is 2. The van der Waals surface area contributed by atoms with E-state index >= 15 is 0 Å². The lowest BCUT2D eigenvalue weighted by Crippen LogP contribution is -2.55. The van der Waals surface area contributed by atoms with Crippen LogP contribution < -0.4 is 5.32 Å². The molecule has 0 saturated heterocycles. The summed E-state index contributed by atoms with van der Waals surface area (Å²) in [6, 6.07) is 10.4. The average Bonchev–Trinajstić information content (AvgIpc) is 2.89. The zero-order valence-electron chi connectivity index (χ0n) is 12.7. The van der Waals surface area contributed by atoms with Gasteiger partial charge in [0.25, 0.3) is 0 Å². The topological polar surface area (TPSA) is 34.4 Å². The highest BCUT2D eigenvalue weighted by Crippen LogP contribution is 2.55. The molecule has 0 unspecified atom stereocenters. The maximum Gasteiger partial charge on any atom is 0.348 e. The fourth-order valence-corrected chi connectivity index (χ4v) is 5.69. The molecule has 0 atom stereocenters. The van der Waals surface area contributed by atoms with Crippen LogP contribution in [0.5, 0.6) is 0 Å². The molecule has 113 valence electrons. The van der Waals surface area contributed by atoms with E-state index in [9.17, 15) is 4.79 Å². The molecule has 1 aromatic rings. The van der Waals surface area contributed by atoms with Gasteiger partial charge in [0.05, 0.1) is 5.70 Å². The molecule has 1 heterocycles. The van der Waals surface area contributed by atoms with Gasteiger partial charge in [-0.3, -0.25) is 4.90 Å². The molecule has 2 amide bonds. The number of hydrogen-bond acceptors (Lipinski definition) is 1. The molecule has 0 spiro atoms. The van der Waals surface area contributed by atoms with E-state index in [1.807, 2.05) is 41.4 Å². The first-order chi connectivity index (χ1) is 10.8. The van der Waals surface area contributed by atoms with E-state index in [-0.39, 0.29) is 6.03 Å². The van der Waals surface area contributed by atoms with Gasteiger partial charge in [-0.2, -0.15) is 5.32 Å². The van der Waals surface area contributed by atoms with Crippen LogP contribution in [0.2, 0.25) is 0 Å². The van der Waals surface area contributed by atoms with Gasteiger partial charge in [0.1, 0.15) is 0 Å². The smallest absolute Gasteiger partial charge is 0.293 e. The molecular formula is C19H21N2O. The van der Waals surface area contributed by atoms with Gasteiger partial charge in [0.15, 0.2) is 0 Å². The van der Waals surface area contributed by atoms with Crippen LogP contribution >= 0.6 is 0 Å². The van der Waals surface area contributed by atoms with E-state index in [2.05, 4.69) is 5.32 Å². The summed E-state index contributed by atoms with van der Waals surface area (Å²) in [6.07, 6.45) is 8.78. The third-order valence-corrected chi connectivity index (χ3v) is 6.27. The fraction of sp³-hybridized carbons (Fsp3) is 0.526. The van der Waals surface area contributed by atoms with Crippen molar-refractivity contribution in [3.05, 3.63) is 42.1 Å². The van der Waals surface area contributed by atoms with Crippen LogP contribution in [-0.2, 0) is 0 Å². The Morgan fingerprint density at radius 1 is 0.909 bits per heavy atom. The summed E-state index contributed by atoms with van der Waals surface area (Å²) in [7, 11) is 0. The van der Waals surface area contributed by atoms with Crippen LogP contribution in [0.1, 0.15) is 37.7 Å². The SMILES string of the molecule is O=C1[N]C(c2ccccc2)=CN1C1C2CC3CC(C2)CC1C3.